The second-order valence-electron chi connectivity index (χ2n) is 8.22. The van der Waals surface area contributed by atoms with Gasteiger partial charge in [-0.2, -0.15) is 0 Å². The molecule has 28 heavy (non-hydrogen) atoms. The highest BCUT2D eigenvalue weighted by atomic mass is 16.2. The monoisotopic (exact) mass is 376 g/mol. The second kappa shape index (κ2) is 6.63. The summed E-state index contributed by atoms with van der Waals surface area (Å²) in [4.78, 5) is 28.9. The van der Waals surface area contributed by atoms with Crippen molar-refractivity contribution in [3.63, 3.8) is 0 Å². The summed E-state index contributed by atoms with van der Waals surface area (Å²) in [6.07, 6.45) is 1.15. The van der Waals surface area contributed by atoms with E-state index in [0.717, 1.165) is 32.6 Å². The van der Waals surface area contributed by atoms with E-state index in [9.17, 15) is 9.59 Å². The Labute approximate surface area is 164 Å². The zero-order valence-electron chi connectivity index (χ0n) is 15.8. The van der Waals surface area contributed by atoms with Crippen LogP contribution in [-0.2, 0) is 13.1 Å². The molecule has 3 heterocycles. The molecular formula is C22H24N4O2. The lowest BCUT2D eigenvalue weighted by atomic mass is 9.79. The smallest absolute Gasteiger partial charge is 0.322 e. The van der Waals surface area contributed by atoms with Crippen molar-refractivity contribution in [3.05, 3.63) is 65.2 Å². The topological polar surface area (TPSA) is 64.7 Å². The predicted molar refractivity (Wildman–Crippen MR) is 107 cm³/mol. The van der Waals surface area contributed by atoms with Gasteiger partial charge in [-0.25, -0.2) is 4.79 Å². The molecule has 3 aliphatic rings. The summed E-state index contributed by atoms with van der Waals surface area (Å²) in [6, 6.07) is 15.2. The van der Waals surface area contributed by atoms with E-state index in [1.54, 1.807) is 29.2 Å². The summed E-state index contributed by atoms with van der Waals surface area (Å²) in [7, 11) is 0. The van der Waals surface area contributed by atoms with Crippen molar-refractivity contribution < 1.29 is 9.59 Å². The predicted octanol–water partition coefficient (Wildman–Crippen LogP) is 2.67. The molecule has 6 heteroatoms. The number of rotatable bonds is 2. The third kappa shape index (κ3) is 3.03. The zero-order valence-corrected chi connectivity index (χ0v) is 15.8. The molecule has 0 atom stereocenters. The number of urea groups is 1. The van der Waals surface area contributed by atoms with Crippen molar-refractivity contribution >= 4 is 17.6 Å². The lowest BCUT2D eigenvalue weighted by molar-refractivity contribution is 0.0159. The van der Waals surface area contributed by atoms with Gasteiger partial charge in [0.1, 0.15) is 0 Å². The van der Waals surface area contributed by atoms with E-state index in [2.05, 4.69) is 22.8 Å². The molecule has 2 aromatic rings. The molecule has 3 aliphatic heterocycles. The number of nitrogens with zero attached hydrogens (tertiary/aromatic N) is 2. The maximum absolute atomic E-state index is 12.6. The van der Waals surface area contributed by atoms with E-state index < -0.39 is 0 Å². The molecule has 0 radical (unpaired) electrons. The number of carbonyl (C=O) groups excluding carboxylic acids is 2. The average Bonchev–Trinajstić information content (AvgIpc) is 3.34. The summed E-state index contributed by atoms with van der Waals surface area (Å²) in [5, 5.41) is 6.32. The van der Waals surface area contributed by atoms with Crippen LogP contribution in [0.5, 0.6) is 0 Å². The van der Waals surface area contributed by atoms with Crippen molar-refractivity contribution in [3.8, 4) is 0 Å². The highest BCUT2D eigenvalue weighted by Gasteiger charge is 2.46. The molecular weight excluding hydrogens is 352 g/mol. The van der Waals surface area contributed by atoms with E-state index in [4.69, 9.17) is 0 Å². The Hall–Kier alpha value is -2.86. The molecule has 0 saturated carbocycles. The maximum Gasteiger partial charge on any atom is 0.322 e. The molecule has 0 bridgehead atoms. The molecule has 3 amide bonds. The summed E-state index contributed by atoms with van der Waals surface area (Å²) in [5.41, 5.74) is 4.08. The second-order valence-corrected chi connectivity index (χ2v) is 8.22. The van der Waals surface area contributed by atoms with Gasteiger partial charge in [0.05, 0.1) is 0 Å². The number of carbonyl (C=O) groups is 2. The van der Waals surface area contributed by atoms with Crippen LogP contribution in [0.25, 0.3) is 0 Å². The van der Waals surface area contributed by atoms with Gasteiger partial charge in [-0.1, -0.05) is 24.3 Å². The first kappa shape index (κ1) is 17.3. The molecule has 2 N–H and O–H groups in total. The minimum Gasteiger partial charge on any atom is -0.337 e. The van der Waals surface area contributed by atoms with Gasteiger partial charge in [0, 0.05) is 49.4 Å². The van der Waals surface area contributed by atoms with Crippen molar-refractivity contribution in [1.82, 2.24) is 15.1 Å². The number of likely N-dealkylation sites (tertiary alicyclic amines) is 1. The van der Waals surface area contributed by atoms with Gasteiger partial charge in [-0.15, -0.1) is 0 Å². The summed E-state index contributed by atoms with van der Waals surface area (Å²) < 4.78 is 0. The number of nitrogens with one attached hydrogen (secondary N) is 2. The first-order chi connectivity index (χ1) is 13.6. The molecule has 1 spiro atoms. The van der Waals surface area contributed by atoms with E-state index in [0.29, 0.717) is 29.8 Å². The first-order valence-corrected chi connectivity index (χ1v) is 9.85. The molecule has 0 aliphatic carbocycles. The van der Waals surface area contributed by atoms with E-state index in [1.165, 1.54) is 11.1 Å². The number of anilines is 1. The minimum absolute atomic E-state index is 0.0744. The summed E-state index contributed by atoms with van der Waals surface area (Å²) in [6.45, 7) is 5.01. The van der Waals surface area contributed by atoms with Crippen LogP contribution in [0.1, 0.15) is 27.9 Å². The van der Waals surface area contributed by atoms with Crippen LogP contribution in [0.3, 0.4) is 0 Å². The highest BCUT2D eigenvalue weighted by Crippen LogP contribution is 2.36. The van der Waals surface area contributed by atoms with Gasteiger partial charge in [-0.3, -0.25) is 4.79 Å². The summed E-state index contributed by atoms with van der Waals surface area (Å²) in [5.74, 6) is 0.0744. The van der Waals surface area contributed by atoms with Crippen LogP contribution in [0.2, 0.25) is 0 Å². The number of fused-ring (bicyclic) bond motifs is 1. The molecule has 6 nitrogen and oxygen atoms in total. The van der Waals surface area contributed by atoms with E-state index in [-0.39, 0.29) is 11.9 Å². The molecule has 2 aromatic carbocycles. The van der Waals surface area contributed by atoms with Gasteiger partial charge < -0.3 is 20.4 Å². The Morgan fingerprint density at radius 2 is 1.61 bits per heavy atom. The third-order valence-corrected chi connectivity index (χ3v) is 6.18. The fourth-order valence-electron chi connectivity index (χ4n) is 4.53. The fraction of sp³-hybridized carbons (Fsp3) is 0.364. The van der Waals surface area contributed by atoms with E-state index >= 15 is 0 Å². The molecule has 0 unspecified atom stereocenters. The number of hydrogen-bond donors (Lipinski definition) is 2. The Morgan fingerprint density at radius 1 is 0.929 bits per heavy atom. The lowest BCUT2D eigenvalue weighted by Crippen LogP contribution is -2.59. The van der Waals surface area contributed by atoms with Crippen molar-refractivity contribution in [2.75, 3.05) is 31.5 Å². The van der Waals surface area contributed by atoms with Crippen LogP contribution >= 0.6 is 0 Å². The normalized spacial score (nSPS) is 19.4. The molecule has 2 saturated heterocycles. The zero-order chi connectivity index (χ0) is 19.1. The molecule has 0 aromatic heterocycles. The van der Waals surface area contributed by atoms with Crippen LogP contribution in [0.15, 0.2) is 48.5 Å². The quantitative estimate of drug-likeness (QED) is 0.847. The van der Waals surface area contributed by atoms with Crippen LogP contribution in [-0.4, -0.2) is 47.9 Å². The Bertz CT molecular complexity index is 885. The number of benzene rings is 2. The molecule has 2 fully saturated rings. The molecule has 5 rings (SSSR count). The largest absolute Gasteiger partial charge is 0.337 e. The Kier molecular flexibility index (Phi) is 4.09. The van der Waals surface area contributed by atoms with Gasteiger partial charge in [-0.05, 0) is 48.4 Å². The Morgan fingerprint density at radius 3 is 2.21 bits per heavy atom. The lowest BCUT2D eigenvalue weighted by Gasteiger charge is -2.47. The Balaban J connectivity index is 1.18. The average molecular weight is 376 g/mol. The van der Waals surface area contributed by atoms with Crippen molar-refractivity contribution in [2.24, 2.45) is 5.41 Å². The van der Waals surface area contributed by atoms with Crippen LogP contribution in [0, 0.1) is 5.41 Å². The van der Waals surface area contributed by atoms with E-state index in [1.807, 2.05) is 17.0 Å². The third-order valence-electron chi connectivity index (χ3n) is 6.18. The van der Waals surface area contributed by atoms with Gasteiger partial charge in [0.25, 0.3) is 5.91 Å². The van der Waals surface area contributed by atoms with Crippen molar-refractivity contribution in [2.45, 2.75) is 19.5 Å². The van der Waals surface area contributed by atoms with Crippen molar-refractivity contribution in [1.29, 1.82) is 0 Å². The standard InChI is InChI=1S/C22H24N4O2/c27-20(26-14-22(15-26)9-10-23-13-22)16-5-7-19(8-6-16)24-21(28)25-11-17-3-1-2-4-18(17)12-25/h1-8,23H,9-15H2,(H,24,28). The molecule has 144 valence electrons. The number of hydrogen-bond acceptors (Lipinski definition) is 3. The highest BCUT2D eigenvalue weighted by molar-refractivity contribution is 5.96. The minimum atomic E-state index is -0.117. The fourth-order valence-corrected chi connectivity index (χ4v) is 4.53. The maximum atomic E-state index is 12.6. The summed E-state index contributed by atoms with van der Waals surface area (Å²) >= 11 is 0. The SMILES string of the molecule is O=C(Nc1ccc(C(=O)N2CC3(CCNC3)C2)cc1)N1Cc2ccccc2C1. The number of amides is 3. The van der Waals surface area contributed by atoms with Gasteiger partial charge in [0.15, 0.2) is 0 Å². The van der Waals surface area contributed by atoms with Gasteiger partial charge in [0.2, 0.25) is 0 Å². The van der Waals surface area contributed by atoms with Crippen LogP contribution < -0.4 is 10.6 Å². The van der Waals surface area contributed by atoms with Gasteiger partial charge >= 0.3 is 6.03 Å². The van der Waals surface area contributed by atoms with Crippen LogP contribution in [0.4, 0.5) is 10.5 Å². The first-order valence-electron chi connectivity index (χ1n) is 9.85.